The Morgan fingerprint density at radius 2 is 1.95 bits per heavy atom. The third kappa shape index (κ3) is 3.82. The third-order valence-electron chi connectivity index (χ3n) is 2.84. The smallest absolute Gasteiger partial charge is 0.338 e. The zero-order valence-corrected chi connectivity index (χ0v) is 11.7. The Morgan fingerprint density at radius 1 is 1.20 bits per heavy atom. The van der Waals surface area contributed by atoms with E-state index in [1.54, 1.807) is 19.1 Å². The van der Waals surface area contributed by atoms with E-state index in [1.165, 1.54) is 0 Å². The molecule has 1 aromatic heterocycles. The third-order valence-corrected chi connectivity index (χ3v) is 2.84. The minimum Gasteiger partial charge on any atom is -0.462 e. The van der Waals surface area contributed by atoms with Crippen molar-refractivity contribution >= 4 is 11.7 Å². The number of esters is 1. The van der Waals surface area contributed by atoms with Crippen LogP contribution in [0.15, 0.2) is 42.6 Å². The van der Waals surface area contributed by atoms with Crippen LogP contribution in [0.2, 0.25) is 0 Å². The second-order valence-electron chi connectivity index (χ2n) is 4.48. The summed E-state index contributed by atoms with van der Waals surface area (Å²) in [6.07, 6.45) is 1.85. The Labute approximate surface area is 118 Å². The van der Waals surface area contributed by atoms with Crippen LogP contribution >= 0.6 is 0 Å². The first-order chi connectivity index (χ1) is 9.69. The van der Waals surface area contributed by atoms with Gasteiger partial charge in [-0.25, -0.2) is 4.79 Å². The predicted octanol–water partition coefficient (Wildman–Crippen LogP) is 3.18. The van der Waals surface area contributed by atoms with Crippen LogP contribution < -0.4 is 5.32 Å². The minimum absolute atomic E-state index is 0.292. The normalized spacial score (nSPS) is 10.1. The van der Waals surface area contributed by atoms with E-state index < -0.39 is 0 Å². The SMILES string of the molecule is CCOC(=O)c1ccc(NCc2ccc(C)cn2)cc1. The number of anilines is 1. The molecule has 2 rings (SSSR count). The van der Waals surface area contributed by atoms with Crippen LogP contribution in [0.3, 0.4) is 0 Å². The number of aromatic nitrogens is 1. The van der Waals surface area contributed by atoms with Crippen molar-refractivity contribution in [2.75, 3.05) is 11.9 Å². The summed E-state index contributed by atoms with van der Waals surface area (Å²) in [6.45, 7) is 4.84. The van der Waals surface area contributed by atoms with E-state index in [4.69, 9.17) is 4.74 Å². The van der Waals surface area contributed by atoms with Gasteiger partial charge in [-0.3, -0.25) is 4.98 Å². The summed E-state index contributed by atoms with van der Waals surface area (Å²) in [5, 5.41) is 3.26. The molecule has 0 spiro atoms. The molecular formula is C16H18N2O2. The lowest BCUT2D eigenvalue weighted by molar-refractivity contribution is 0.0526. The highest BCUT2D eigenvalue weighted by Crippen LogP contribution is 2.11. The molecule has 0 aliphatic heterocycles. The van der Waals surface area contributed by atoms with E-state index in [0.29, 0.717) is 18.7 Å². The number of nitrogens with one attached hydrogen (secondary N) is 1. The fraction of sp³-hybridized carbons (Fsp3) is 0.250. The molecule has 104 valence electrons. The number of pyridine rings is 1. The van der Waals surface area contributed by atoms with Gasteiger partial charge in [0, 0.05) is 11.9 Å². The lowest BCUT2D eigenvalue weighted by atomic mass is 10.2. The molecule has 0 amide bonds. The number of carbonyl (C=O) groups excluding carboxylic acids is 1. The molecule has 1 N–H and O–H groups in total. The van der Waals surface area contributed by atoms with Gasteiger partial charge in [0.05, 0.1) is 24.4 Å². The van der Waals surface area contributed by atoms with Gasteiger partial charge in [-0.15, -0.1) is 0 Å². The molecule has 0 unspecified atom stereocenters. The topological polar surface area (TPSA) is 51.2 Å². The van der Waals surface area contributed by atoms with Gasteiger partial charge in [0.2, 0.25) is 0 Å². The number of benzene rings is 1. The summed E-state index contributed by atoms with van der Waals surface area (Å²) in [7, 11) is 0. The summed E-state index contributed by atoms with van der Waals surface area (Å²) in [5.41, 5.74) is 3.63. The van der Waals surface area contributed by atoms with Crippen LogP contribution in [-0.4, -0.2) is 17.6 Å². The molecule has 0 aliphatic carbocycles. The Morgan fingerprint density at radius 3 is 2.55 bits per heavy atom. The van der Waals surface area contributed by atoms with Gasteiger partial charge in [-0.2, -0.15) is 0 Å². The van der Waals surface area contributed by atoms with Gasteiger partial charge < -0.3 is 10.1 Å². The van der Waals surface area contributed by atoms with Gasteiger partial charge in [-0.1, -0.05) is 6.07 Å². The number of aryl methyl sites for hydroxylation is 1. The van der Waals surface area contributed by atoms with E-state index in [-0.39, 0.29) is 5.97 Å². The van der Waals surface area contributed by atoms with Crippen molar-refractivity contribution in [2.45, 2.75) is 20.4 Å². The molecule has 0 saturated heterocycles. The molecule has 0 fully saturated rings. The van der Waals surface area contributed by atoms with E-state index in [0.717, 1.165) is 16.9 Å². The Hall–Kier alpha value is -2.36. The molecular weight excluding hydrogens is 252 g/mol. The molecule has 2 aromatic rings. The molecule has 0 saturated carbocycles. The van der Waals surface area contributed by atoms with Crippen molar-refractivity contribution in [1.82, 2.24) is 4.98 Å². The molecule has 0 bridgehead atoms. The van der Waals surface area contributed by atoms with Gasteiger partial charge >= 0.3 is 5.97 Å². The van der Waals surface area contributed by atoms with Crippen LogP contribution in [0.4, 0.5) is 5.69 Å². The van der Waals surface area contributed by atoms with Crippen LogP contribution in [-0.2, 0) is 11.3 Å². The summed E-state index contributed by atoms with van der Waals surface area (Å²) in [5.74, 6) is -0.292. The maximum absolute atomic E-state index is 11.5. The second kappa shape index (κ2) is 6.70. The van der Waals surface area contributed by atoms with Crippen LogP contribution in [0.1, 0.15) is 28.5 Å². The zero-order valence-electron chi connectivity index (χ0n) is 11.7. The summed E-state index contributed by atoms with van der Waals surface area (Å²) < 4.78 is 4.94. The Kier molecular flexibility index (Phi) is 4.71. The average molecular weight is 270 g/mol. The number of carbonyl (C=O) groups is 1. The molecule has 1 heterocycles. The van der Waals surface area contributed by atoms with E-state index in [1.807, 2.05) is 37.4 Å². The first kappa shape index (κ1) is 14.1. The van der Waals surface area contributed by atoms with Gasteiger partial charge in [0.25, 0.3) is 0 Å². The quantitative estimate of drug-likeness (QED) is 0.848. The van der Waals surface area contributed by atoms with Crippen molar-refractivity contribution in [3.05, 3.63) is 59.4 Å². The zero-order chi connectivity index (χ0) is 14.4. The van der Waals surface area contributed by atoms with Crippen molar-refractivity contribution in [1.29, 1.82) is 0 Å². The van der Waals surface area contributed by atoms with E-state index in [9.17, 15) is 4.79 Å². The highest BCUT2D eigenvalue weighted by Gasteiger charge is 2.05. The molecule has 0 atom stereocenters. The molecule has 0 radical (unpaired) electrons. The van der Waals surface area contributed by atoms with Crippen LogP contribution in [0, 0.1) is 6.92 Å². The highest BCUT2D eigenvalue weighted by molar-refractivity contribution is 5.89. The molecule has 4 heteroatoms. The number of hydrogen-bond donors (Lipinski definition) is 1. The lowest BCUT2D eigenvalue weighted by Crippen LogP contribution is -2.05. The Balaban J connectivity index is 1.93. The fourth-order valence-electron chi connectivity index (χ4n) is 1.73. The molecule has 20 heavy (non-hydrogen) atoms. The summed E-state index contributed by atoms with van der Waals surface area (Å²) >= 11 is 0. The maximum atomic E-state index is 11.5. The second-order valence-corrected chi connectivity index (χ2v) is 4.48. The minimum atomic E-state index is -0.292. The van der Waals surface area contributed by atoms with Crippen molar-refractivity contribution in [2.24, 2.45) is 0 Å². The van der Waals surface area contributed by atoms with Crippen molar-refractivity contribution < 1.29 is 9.53 Å². The largest absolute Gasteiger partial charge is 0.462 e. The number of hydrogen-bond acceptors (Lipinski definition) is 4. The van der Waals surface area contributed by atoms with Crippen LogP contribution in [0.5, 0.6) is 0 Å². The van der Waals surface area contributed by atoms with E-state index >= 15 is 0 Å². The van der Waals surface area contributed by atoms with Gasteiger partial charge in [-0.05, 0) is 49.7 Å². The lowest BCUT2D eigenvalue weighted by Gasteiger charge is -2.07. The summed E-state index contributed by atoms with van der Waals surface area (Å²) in [6, 6.07) is 11.3. The highest BCUT2D eigenvalue weighted by atomic mass is 16.5. The standard InChI is InChI=1S/C16H18N2O2/c1-3-20-16(19)13-5-8-14(9-6-13)18-11-15-7-4-12(2)10-17-15/h4-10,18H,3,11H2,1-2H3. The number of rotatable bonds is 5. The number of nitrogens with zero attached hydrogens (tertiary/aromatic N) is 1. The van der Waals surface area contributed by atoms with Crippen molar-refractivity contribution in [3.63, 3.8) is 0 Å². The fourth-order valence-corrected chi connectivity index (χ4v) is 1.73. The van der Waals surface area contributed by atoms with Gasteiger partial charge in [0.15, 0.2) is 0 Å². The average Bonchev–Trinajstić information content (AvgIpc) is 2.47. The monoisotopic (exact) mass is 270 g/mol. The van der Waals surface area contributed by atoms with Gasteiger partial charge in [0.1, 0.15) is 0 Å². The number of ether oxygens (including phenoxy) is 1. The van der Waals surface area contributed by atoms with Crippen LogP contribution in [0.25, 0.3) is 0 Å². The summed E-state index contributed by atoms with van der Waals surface area (Å²) in [4.78, 5) is 15.8. The molecule has 1 aromatic carbocycles. The first-order valence-corrected chi connectivity index (χ1v) is 6.61. The van der Waals surface area contributed by atoms with Crippen molar-refractivity contribution in [3.8, 4) is 0 Å². The first-order valence-electron chi connectivity index (χ1n) is 6.61. The Bertz CT molecular complexity index is 562. The predicted molar refractivity (Wildman–Crippen MR) is 78.7 cm³/mol. The maximum Gasteiger partial charge on any atom is 0.338 e. The molecule has 4 nitrogen and oxygen atoms in total. The van der Waals surface area contributed by atoms with E-state index in [2.05, 4.69) is 10.3 Å². The molecule has 0 aliphatic rings.